The number of urea groups is 1. The van der Waals surface area contributed by atoms with Gasteiger partial charge in [0.05, 0.1) is 6.61 Å². The Morgan fingerprint density at radius 2 is 1.55 bits per heavy atom. The molecule has 2 atom stereocenters. The lowest BCUT2D eigenvalue weighted by molar-refractivity contribution is 0.134. The van der Waals surface area contributed by atoms with Gasteiger partial charge in [0.2, 0.25) is 0 Å². The molecule has 3 aliphatic rings. The molecule has 2 amide bonds. The monoisotopic (exact) mass is 428 g/mol. The Morgan fingerprint density at radius 3 is 2.19 bits per heavy atom. The van der Waals surface area contributed by atoms with E-state index in [1.54, 1.807) is 0 Å². The molecule has 31 heavy (non-hydrogen) atoms. The normalized spacial score (nSPS) is 25.2. The number of carbonyl (C=O) groups excluding carboxylic acids is 1. The zero-order chi connectivity index (χ0) is 21.6. The van der Waals surface area contributed by atoms with Gasteiger partial charge in [-0.1, -0.05) is 6.42 Å². The number of rotatable bonds is 6. The van der Waals surface area contributed by atoms with Crippen LogP contribution in [0.5, 0.6) is 5.75 Å². The highest BCUT2D eigenvalue weighted by atomic mass is 16.5. The van der Waals surface area contributed by atoms with Crippen LogP contribution in [0.1, 0.15) is 52.4 Å². The number of likely N-dealkylation sites (tertiary alicyclic amines) is 2. The molecule has 0 bridgehead atoms. The molecule has 1 aromatic rings. The highest BCUT2D eigenvalue weighted by Gasteiger charge is 2.35. The molecule has 3 aliphatic heterocycles. The van der Waals surface area contributed by atoms with Crippen LogP contribution in [0.2, 0.25) is 0 Å². The van der Waals surface area contributed by atoms with E-state index in [1.807, 2.05) is 4.90 Å². The summed E-state index contributed by atoms with van der Waals surface area (Å²) < 4.78 is 5.96. The summed E-state index contributed by atoms with van der Waals surface area (Å²) in [7, 11) is 0. The Morgan fingerprint density at radius 1 is 0.903 bits per heavy atom. The van der Waals surface area contributed by atoms with Crippen molar-refractivity contribution in [2.24, 2.45) is 0 Å². The molecule has 3 saturated heterocycles. The standard InChI is InChI=1S/C25H40N4O2/c1-21-7-8-22(2)29(21)25(30)28-18-16-27(17-19-28)23-9-11-24(12-10-23)31-20-6-15-26-13-4-3-5-14-26/h9-12,21-22H,3-8,13-20H2,1-2H3/t21-,22+. The molecule has 0 saturated carbocycles. The van der Waals surface area contributed by atoms with Crippen LogP contribution in [-0.4, -0.2) is 85.2 Å². The van der Waals surface area contributed by atoms with Crippen molar-refractivity contribution >= 4 is 11.7 Å². The van der Waals surface area contributed by atoms with E-state index in [9.17, 15) is 4.79 Å². The summed E-state index contributed by atoms with van der Waals surface area (Å²) >= 11 is 0. The number of carbonyl (C=O) groups is 1. The fraction of sp³-hybridized carbons (Fsp3) is 0.720. The van der Waals surface area contributed by atoms with Gasteiger partial charge in [0.25, 0.3) is 0 Å². The van der Waals surface area contributed by atoms with Crippen LogP contribution in [-0.2, 0) is 0 Å². The van der Waals surface area contributed by atoms with Crippen molar-refractivity contribution in [3.8, 4) is 5.75 Å². The first-order valence-electron chi connectivity index (χ1n) is 12.4. The van der Waals surface area contributed by atoms with Gasteiger partial charge in [-0.05, 0) is 83.3 Å². The first-order valence-corrected chi connectivity index (χ1v) is 12.4. The lowest BCUT2D eigenvalue weighted by Crippen LogP contribution is -2.54. The number of ether oxygens (including phenoxy) is 1. The third-order valence-electron chi connectivity index (χ3n) is 7.26. The zero-order valence-corrected chi connectivity index (χ0v) is 19.5. The number of nitrogens with zero attached hydrogens (tertiary/aromatic N) is 4. The van der Waals surface area contributed by atoms with Crippen molar-refractivity contribution in [3.63, 3.8) is 0 Å². The lowest BCUT2D eigenvalue weighted by atomic mass is 10.1. The van der Waals surface area contributed by atoms with Crippen LogP contribution in [0.15, 0.2) is 24.3 Å². The Kier molecular flexibility index (Phi) is 7.59. The fourth-order valence-electron chi connectivity index (χ4n) is 5.31. The van der Waals surface area contributed by atoms with E-state index in [0.717, 1.165) is 64.3 Å². The smallest absolute Gasteiger partial charge is 0.320 e. The van der Waals surface area contributed by atoms with Gasteiger partial charge in [-0.2, -0.15) is 0 Å². The average Bonchev–Trinajstić information content (AvgIpc) is 3.15. The second-order valence-electron chi connectivity index (χ2n) is 9.54. The first-order chi connectivity index (χ1) is 15.1. The van der Waals surface area contributed by atoms with Crippen molar-refractivity contribution in [1.29, 1.82) is 0 Å². The highest BCUT2D eigenvalue weighted by molar-refractivity contribution is 5.76. The number of anilines is 1. The zero-order valence-electron chi connectivity index (χ0n) is 19.5. The molecule has 0 N–H and O–H groups in total. The number of benzene rings is 1. The minimum atomic E-state index is 0.227. The number of amides is 2. The van der Waals surface area contributed by atoms with E-state index in [1.165, 1.54) is 38.0 Å². The van der Waals surface area contributed by atoms with Crippen LogP contribution in [0.3, 0.4) is 0 Å². The van der Waals surface area contributed by atoms with Crippen LogP contribution in [0.4, 0.5) is 10.5 Å². The molecule has 6 heteroatoms. The Hall–Kier alpha value is -1.95. The van der Waals surface area contributed by atoms with E-state index in [0.29, 0.717) is 12.1 Å². The Balaban J connectivity index is 1.19. The van der Waals surface area contributed by atoms with Gasteiger partial charge in [-0.15, -0.1) is 0 Å². The number of piperidine rings is 1. The fourth-order valence-corrected chi connectivity index (χ4v) is 5.31. The molecule has 1 aromatic carbocycles. The minimum Gasteiger partial charge on any atom is -0.494 e. The summed E-state index contributed by atoms with van der Waals surface area (Å²) in [5.41, 5.74) is 1.22. The third-order valence-corrected chi connectivity index (χ3v) is 7.26. The number of hydrogen-bond donors (Lipinski definition) is 0. The SMILES string of the molecule is C[C@@H]1CC[C@H](C)N1C(=O)N1CCN(c2ccc(OCCCN3CCCCC3)cc2)CC1. The Bertz CT molecular complexity index is 686. The summed E-state index contributed by atoms with van der Waals surface area (Å²) in [6.07, 6.45) is 7.43. The number of piperazine rings is 1. The van der Waals surface area contributed by atoms with Crippen LogP contribution < -0.4 is 9.64 Å². The molecule has 0 aromatic heterocycles. The third kappa shape index (κ3) is 5.65. The Labute approximate surface area is 188 Å². The molecule has 3 fully saturated rings. The topological polar surface area (TPSA) is 39.3 Å². The van der Waals surface area contributed by atoms with Crippen molar-refractivity contribution in [2.45, 2.75) is 64.5 Å². The van der Waals surface area contributed by atoms with Crippen LogP contribution >= 0.6 is 0 Å². The second kappa shape index (κ2) is 10.6. The van der Waals surface area contributed by atoms with E-state index in [4.69, 9.17) is 4.74 Å². The van der Waals surface area contributed by atoms with Crippen molar-refractivity contribution in [3.05, 3.63) is 24.3 Å². The molecule has 0 radical (unpaired) electrons. The molecule has 0 unspecified atom stereocenters. The van der Waals surface area contributed by atoms with Crippen molar-refractivity contribution in [1.82, 2.24) is 14.7 Å². The highest BCUT2D eigenvalue weighted by Crippen LogP contribution is 2.26. The van der Waals surface area contributed by atoms with E-state index >= 15 is 0 Å². The maximum atomic E-state index is 12.9. The lowest BCUT2D eigenvalue weighted by Gasteiger charge is -2.39. The second-order valence-corrected chi connectivity index (χ2v) is 9.54. The molecule has 4 rings (SSSR count). The van der Waals surface area contributed by atoms with E-state index in [2.05, 4.69) is 52.8 Å². The van der Waals surface area contributed by atoms with E-state index < -0.39 is 0 Å². The van der Waals surface area contributed by atoms with Gasteiger partial charge in [0.15, 0.2) is 0 Å². The molecule has 172 valence electrons. The minimum absolute atomic E-state index is 0.227. The first kappa shape index (κ1) is 22.3. The van der Waals surface area contributed by atoms with Crippen LogP contribution in [0, 0.1) is 0 Å². The van der Waals surface area contributed by atoms with Gasteiger partial charge >= 0.3 is 6.03 Å². The molecule has 3 heterocycles. The predicted octanol–water partition coefficient (Wildman–Crippen LogP) is 4.06. The van der Waals surface area contributed by atoms with Gasteiger partial charge in [0, 0.05) is 50.5 Å². The summed E-state index contributed by atoms with van der Waals surface area (Å²) in [4.78, 5) is 22.0. The van der Waals surface area contributed by atoms with Crippen molar-refractivity contribution in [2.75, 3.05) is 57.3 Å². The predicted molar refractivity (Wildman–Crippen MR) is 126 cm³/mol. The molecule has 0 aliphatic carbocycles. The molecular formula is C25H40N4O2. The molecule has 6 nitrogen and oxygen atoms in total. The maximum Gasteiger partial charge on any atom is 0.320 e. The van der Waals surface area contributed by atoms with E-state index in [-0.39, 0.29) is 6.03 Å². The van der Waals surface area contributed by atoms with Gasteiger partial charge in [-0.25, -0.2) is 4.79 Å². The maximum absolute atomic E-state index is 12.9. The summed E-state index contributed by atoms with van der Waals surface area (Å²) in [5, 5.41) is 0. The van der Waals surface area contributed by atoms with Gasteiger partial charge in [-0.3, -0.25) is 0 Å². The molecular weight excluding hydrogens is 388 g/mol. The summed E-state index contributed by atoms with van der Waals surface area (Å²) in [5.74, 6) is 0.952. The summed E-state index contributed by atoms with van der Waals surface area (Å²) in [6.45, 7) is 12.2. The quantitative estimate of drug-likeness (QED) is 0.641. The average molecular weight is 429 g/mol. The van der Waals surface area contributed by atoms with Crippen molar-refractivity contribution < 1.29 is 9.53 Å². The van der Waals surface area contributed by atoms with Gasteiger partial charge in [0.1, 0.15) is 5.75 Å². The largest absolute Gasteiger partial charge is 0.494 e. The summed E-state index contributed by atoms with van der Waals surface area (Å²) in [6, 6.07) is 9.44. The number of hydrogen-bond acceptors (Lipinski definition) is 4. The molecule has 0 spiro atoms. The van der Waals surface area contributed by atoms with Crippen LogP contribution in [0.25, 0.3) is 0 Å². The van der Waals surface area contributed by atoms with Gasteiger partial charge < -0.3 is 24.3 Å².